The Morgan fingerprint density at radius 3 is 1.40 bits per heavy atom. The molecule has 0 fully saturated rings. The van der Waals surface area contributed by atoms with Crippen LogP contribution in [0, 0.1) is 0 Å². The molecule has 3 rings (SSSR count). The monoisotopic (exact) mass is 565 g/mol. The fourth-order valence-electron chi connectivity index (χ4n) is 2.64. The van der Waals surface area contributed by atoms with Crippen LogP contribution in [0.2, 0.25) is 0 Å². The maximum atomic E-state index is 9.96. The van der Waals surface area contributed by atoms with Crippen LogP contribution < -0.4 is 15.9 Å². The third-order valence-electron chi connectivity index (χ3n) is 4.19. The minimum Gasteiger partial charge on any atom is -0.468 e. The Morgan fingerprint density at radius 2 is 1.11 bits per heavy atom. The first-order chi connectivity index (χ1) is 17.7. The van der Waals surface area contributed by atoms with Crippen LogP contribution in [-0.4, -0.2) is 38.6 Å². The third-order valence-corrected chi connectivity index (χ3v) is 7.20. The van der Waals surface area contributed by atoms with Gasteiger partial charge in [-0.2, -0.15) is 0 Å². The van der Waals surface area contributed by atoms with Gasteiger partial charge < -0.3 is 9.47 Å². The van der Waals surface area contributed by atoms with Gasteiger partial charge in [0.2, 0.25) is 0 Å². The fourth-order valence-corrected chi connectivity index (χ4v) is 5.17. The molecule has 0 unspecified atom stereocenters. The molecule has 0 heterocycles. The summed E-state index contributed by atoms with van der Waals surface area (Å²) in [6.45, 7) is 4.08. The van der Waals surface area contributed by atoms with E-state index in [2.05, 4.69) is 116 Å². The van der Waals surface area contributed by atoms with Gasteiger partial charge in [0.05, 0.1) is 21.7 Å². The van der Waals surface area contributed by atoms with Gasteiger partial charge in [0.15, 0.2) is 0 Å². The molecule has 0 N–H and O–H groups in total. The van der Waals surface area contributed by atoms with Crippen molar-refractivity contribution in [3.8, 4) is 0 Å². The van der Waals surface area contributed by atoms with Crippen molar-refractivity contribution < 1.29 is 24.8 Å². The van der Waals surface area contributed by atoms with E-state index in [0.29, 0.717) is 26.2 Å². The van der Waals surface area contributed by atoms with E-state index in [1.807, 2.05) is 6.92 Å². The SMILES string of the molecule is CCCCOC=O.O=COCCCBr.[2H]CF.c1ccc(P(c2ccccc2)c2ccccc2)cc1. The fraction of sp³-hybridized carbons (Fsp3) is 0.286. The van der Waals surface area contributed by atoms with Gasteiger partial charge in [-0.05, 0) is 36.7 Å². The number of benzene rings is 3. The molecule has 0 saturated carbocycles. The van der Waals surface area contributed by atoms with Crippen LogP contribution in [0.25, 0.3) is 0 Å². The van der Waals surface area contributed by atoms with Gasteiger partial charge in [0, 0.05) is 5.33 Å². The van der Waals surface area contributed by atoms with Crippen molar-refractivity contribution in [1.82, 2.24) is 0 Å². The smallest absolute Gasteiger partial charge is 0.293 e. The minimum atomic E-state index is -1.00. The molecule has 0 bridgehead atoms. The van der Waals surface area contributed by atoms with Crippen molar-refractivity contribution in [2.24, 2.45) is 0 Å². The van der Waals surface area contributed by atoms with E-state index in [9.17, 15) is 14.0 Å². The second kappa shape index (κ2) is 24.6. The number of unbranched alkanes of at least 4 members (excludes halogenated alkanes) is 1. The highest BCUT2D eigenvalue weighted by Gasteiger charge is 2.14. The Bertz CT molecular complexity index is 769. The van der Waals surface area contributed by atoms with E-state index in [0.717, 1.165) is 24.6 Å². The van der Waals surface area contributed by atoms with Crippen LogP contribution in [0.4, 0.5) is 4.39 Å². The molecular weight excluding hydrogens is 530 g/mol. The summed E-state index contributed by atoms with van der Waals surface area (Å²) in [6.07, 6.45) is 2.94. The van der Waals surface area contributed by atoms with Crippen LogP contribution in [-0.2, 0) is 19.1 Å². The van der Waals surface area contributed by atoms with E-state index >= 15 is 0 Å². The van der Waals surface area contributed by atoms with Gasteiger partial charge in [-0.15, -0.1) is 0 Å². The Balaban J connectivity index is 0.000000598. The topological polar surface area (TPSA) is 52.6 Å². The Morgan fingerprint density at radius 1 is 0.771 bits per heavy atom. The molecular formula is C28H35BrFO4P. The summed E-state index contributed by atoms with van der Waals surface area (Å²) in [5.74, 6) is 0. The molecule has 35 heavy (non-hydrogen) atoms. The highest BCUT2D eigenvalue weighted by molar-refractivity contribution is 9.09. The quantitative estimate of drug-likeness (QED) is 0.125. The molecule has 7 heteroatoms. The van der Waals surface area contributed by atoms with Crippen LogP contribution in [0.1, 0.15) is 27.6 Å². The summed E-state index contributed by atoms with van der Waals surface area (Å²) in [5.41, 5.74) is 0. The molecule has 3 aromatic carbocycles. The number of rotatable bonds is 11. The summed E-state index contributed by atoms with van der Waals surface area (Å²) in [5, 5.41) is 5.08. The molecule has 0 aliphatic rings. The Kier molecular flexibility index (Phi) is 21.4. The average molecular weight is 566 g/mol. The first kappa shape index (κ1) is 30.5. The molecule has 0 aliphatic carbocycles. The van der Waals surface area contributed by atoms with Crippen molar-refractivity contribution in [2.75, 3.05) is 25.7 Å². The van der Waals surface area contributed by atoms with Gasteiger partial charge in [-0.3, -0.25) is 14.0 Å². The third kappa shape index (κ3) is 15.9. The van der Waals surface area contributed by atoms with Crippen molar-refractivity contribution in [1.29, 1.82) is 0 Å². The van der Waals surface area contributed by atoms with Gasteiger partial charge in [0.25, 0.3) is 12.9 Å². The summed E-state index contributed by atoms with van der Waals surface area (Å²) >= 11 is 3.18. The van der Waals surface area contributed by atoms with Crippen molar-refractivity contribution in [3.63, 3.8) is 0 Å². The Labute approximate surface area is 220 Å². The first-order valence-electron chi connectivity index (χ1n) is 11.9. The molecule has 0 amide bonds. The summed E-state index contributed by atoms with van der Waals surface area (Å²) in [6, 6.07) is 32.3. The lowest BCUT2D eigenvalue weighted by Crippen LogP contribution is -2.20. The maximum absolute atomic E-state index is 9.96. The zero-order chi connectivity index (χ0) is 26.7. The molecule has 4 nitrogen and oxygen atoms in total. The molecule has 0 radical (unpaired) electrons. The number of hydrogen-bond acceptors (Lipinski definition) is 4. The minimum absolute atomic E-state index is 0.446. The van der Waals surface area contributed by atoms with Crippen molar-refractivity contribution in [2.45, 2.75) is 26.2 Å². The second-order valence-electron chi connectivity index (χ2n) is 6.67. The van der Waals surface area contributed by atoms with Crippen LogP contribution >= 0.6 is 23.9 Å². The summed E-state index contributed by atoms with van der Waals surface area (Å²) in [7, 11) is -1.45. The lowest BCUT2D eigenvalue weighted by atomic mass is 10.4. The van der Waals surface area contributed by atoms with Crippen molar-refractivity contribution in [3.05, 3.63) is 91.0 Å². The van der Waals surface area contributed by atoms with E-state index < -0.39 is 15.1 Å². The standard InChI is InChI=1S/C18H15P.C5H10O2.C4H7BrO2.CH3F/c1-4-10-16(11-5-1)19(17-12-6-2-7-13-17)18-14-8-3-9-15-18;1-2-3-4-7-5-6;5-2-1-3-7-4-6;1-2/h1-15H;5H,2-4H2,1H3;4H,1-3H2;1H3/i;;;1D. The number of halogens is 2. The molecule has 0 aromatic heterocycles. The Hall–Kier alpha value is -2.56. The van der Waals surface area contributed by atoms with E-state index in [-0.39, 0.29) is 0 Å². The average Bonchev–Trinajstić information content (AvgIpc) is 2.93. The van der Waals surface area contributed by atoms with Crippen LogP contribution in [0.15, 0.2) is 91.0 Å². The summed E-state index contributed by atoms with van der Waals surface area (Å²) in [4.78, 5) is 18.9. The summed E-state index contributed by atoms with van der Waals surface area (Å²) < 4.78 is 24.3. The molecule has 0 aliphatic heterocycles. The van der Waals surface area contributed by atoms with E-state index in [1.54, 1.807) is 0 Å². The van der Waals surface area contributed by atoms with Gasteiger partial charge in [-0.25, -0.2) is 0 Å². The van der Waals surface area contributed by atoms with E-state index in [4.69, 9.17) is 1.37 Å². The molecule has 0 atom stereocenters. The van der Waals surface area contributed by atoms with Crippen LogP contribution in [0.5, 0.6) is 0 Å². The largest absolute Gasteiger partial charge is 0.468 e. The van der Waals surface area contributed by atoms with E-state index in [1.165, 1.54) is 15.9 Å². The maximum Gasteiger partial charge on any atom is 0.293 e. The normalized spacial score (nSPS) is 9.54. The molecule has 0 saturated heterocycles. The first-order valence-corrected chi connectivity index (χ1v) is 13.6. The number of hydrogen-bond donors (Lipinski definition) is 0. The lowest BCUT2D eigenvalue weighted by Gasteiger charge is -2.18. The lowest BCUT2D eigenvalue weighted by molar-refractivity contribution is -0.129. The molecule has 3 aromatic rings. The zero-order valence-corrected chi connectivity index (χ0v) is 22.6. The molecule has 0 spiro atoms. The number of carbonyl (C=O) groups excluding carboxylic acids is 2. The molecule has 190 valence electrons. The van der Waals surface area contributed by atoms with Gasteiger partial charge in [-0.1, -0.05) is 120 Å². The number of carbonyl (C=O) groups is 2. The van der Waals surface area contributed by atoms with Crippen LogP contribution in [0.3, 0.4) is 0 Å². The second-order valence-corrected chi connectivity index (χ2v) is 9.69. The number of alkyl halides is 2. The predicted molar refractivity (Wildman–Crippen MR) is 150 cm³/mol. The number of ether oxygens (including phenoxy) is 2. The van der Waals surface area contributed by atoms with Gasteiger partial charge >= 0.3 is 0 Å². The zero-order valence-electron chi connectivity index (χ0n) is 21.1. The van der Waals surface area contributed by atoms with Gasteiger partial charge in [0.1, 0.15) is 0 Å². The van der Waals surface area contributed by atoms with Crippen molar-refractivity contribution >= 4 is 52.7 Å². The highest BCUT2D eigenvalue weighted by atomic mass is 79.9. The predicted octanol–water partition coefficient (Wildman–Crippen LogP) is 5.93. The highest BCUT2D eigenvalue weighted by Crippen LogP contribution is 2.32.